The van der Waals surface area contributed by atoms with Crippen molar-refractivity contribution in [1.82, 2.24) is 0 Å². The molecule has 15 heavy (non-hydrogen) atoms. The average Bonchev–Trinajstić information content (AvgIpc) is 2.04. The molecule has 0 aliphatic heterocycles. The minimum absolute atomic E-state index is 0. The third kappa shape index (κ3) is 5.24. The van der Waals surface area contributed by atoms with Gasteiger partial charge in [-0.05, 0) is 6.07 Å². The van der Waals surface area contributed by atoms with Crippen LogP contribution >= 0.6 is 24.0 Å². The first-order chi connectivity index (χ1) is 5.65. The fourth-order valence-corrected chi connectivity index (χ4v) is 0.894. The van der Waals surface area contributed by atoms with E-state index in [0.717, 1.165) is 6.07 Å². The number of nitro benzene ring substituents is 1. The van der Waals surface area contributed by atoms with Crippen LogP contribution in [0.1, 0.15) is 0 Å². The topological polar surface area (TPSA) is 71.3 Å². The summed E-state index contributed by atoms with van der Waals surface area (Å²) in [5, 5.41) is 18.9. The van der Waals surface area contributed by atoms with Crippen molar-refractivity contribution in [2.75, 3.05) is 0 Å². The summed E-state index contributed by atoms with van der Waals surface area (Å²) in [5.41, 5.74) is -0.422. The van der Waals surface area contributed by atoms with E-state index in [1.807, 2.05) is 0 Å². The Morgan fingerprint density at radius 2 is 2.00 bits per heavy atom. The molecule has 0 saturated carbocycles. The van der Waals surface area contributed by atoms with Crippen LogP contribution in [-0.2, 0) is 19.5 Å². The van der Waals surface area contributed by atoms with E-state index in [0.29, 0.717) is 0 Å². The van der Waals surface area contributed by atoms with Gasteiger partial charge in [0.25, 0.3) is 0 Å². The number of nitrogens with zero attached hydrogens (tertiary/aromatic N) is 3. The third-order valence-corrected chi connectivity index (χ3v) is 1.48. The maximum absolute atomic E-state index is 10.3. The Hall–Kier alpha value is -0.467. The van der Waals surface area contributed by atoms with Crippen molar-refractivity contribution in [1.29, 1.82) is 5.39 Å². The van der Waals surface area contributed by atoms with E-state index in [1.54, 1.807) is 0 Å². The Labute approximate surface area is 116 Å². The van der Waals surface area contributed by atoms with Crippen molar-refractivity contribution in [3.63, 3.8) is 0 Å². The van der Waals surface area contributed by atoms with Gasteiger partial charge in [-0.1, -0.05) is 11.6 Å². The summed E-state index contributed by atoms with van der Waals surface area (Å²) < 4.78 is 0. The molecule has 0 N–H and O–H groups in total. The van der Waals surface area contributed by atoms with Crippen LogP contribution in [0.2, 0.25) is 5.02 Å². The van der Waals surface area contributed by atoms with Crippen LogP contribution in [-0.4, -0.2) is 4.92 Å². The predicted molar refractivity (Wildman–Crippen MR) is 50.1 cm³/mol. The van der Waals surface area contributed by atoms with E-state index in [4.69, 9.17) is 17.0 Å². The summed E-state index contributed by atoms with van der Waals surface area (Å²) in [4.78, 5) is 12.4. The number of diazo groups is 1. The Morgan fingerprint density at radius 3 is 2.40 bits per heavy atom. The Bertz CT molecular complexity index is 382. The molecule has 0 heterocycles. The number of halogens is 3. The van der Waals surface area contributed by atoms with Crippen LogP contribution in [0.15, 0.2) is 18.2 Å². The van der Waals surface area contributed by atoms with Crippen LogP contribution in [0.5, 0.6) is 0 Å². The van der Waals surface area contributed by atoms with Crippen molar-refractivity contribution in [3.8, 4) is 0 Å². The van der Waals surface area contributed by atoms with E-state index in [9.17, 15) is 10.1 Å². The number of benzene rings is 1. The number of nitro groups is 1. The molecule has 0 aromatic heterocycles. The summed E-state index contributed by atoms with van der Waals surface area (Å²) in [5.74, 6) is 0. The van der Waals surface area contributed by atoms with Gasteiger partial charge in [0.2, 0.25) is 5.39 Å². The zero-order chi connectivity index (χ0) is 9.14. The molecule has 0 aliphatic carbocycles. The first-order valence-corrected chi connectivity index (χ1v) is 3.32. The second kappa shape index (κ2) is 8.81. The van der Waals surface area contributed by atoms with Gasteiger partial charge in [0, 0.05) is 17.2 Å². The van der Waals surface area contributed by atoms with Crippen molar-refractivity contribution >= 4 is 35.4 Å². The third-order valence-electron chi connectivity index (χ3n) is 1.24. The molecule has 0 bridgehead atoms. The van der Waals surface area contributed by atoms with Crippen LogP contribution < -0.4 is 12.4 Å². The van der Waals surface area contributed by atoms with Crippen LogP contribution in [0.4, 0.5) is 11.4 Å². The molecule has 0 fully saturated rings. The summed E-state index contributed by atoms with van der Waals surface area (Å²) in [7, 11) is 0. The van der Waals surface area contributed by atoms with Crippen molar-refractivity contribution < 1.29 is 36.8 Å². The summed E-state index contributed by atoms with van der Waals surface area (Å²) in [6.45, 7) is 0. The van der Waals surface area contributed by atoms with Gasteiger partial charge < -0.3 is 12.4 Å². The zero-order valence-corrected chi connectivity index (χ0v) is 12.6. The zero-order valence-electron chi connectivity index (χ0n) is 7.26. The molecule has 9 heteroatoms. The van der Waals surface area contributed by atoms with E-state index < -0.39 is 4.92 Å². The molecule has 76 valence electrons. The number of hydrogen-bond acceptors (Lipinski definition) is 3. The number of hydrogen-bond donors (Lipinski definition) is 0. The first kappa shape index (κ1) is 20.0. The van der Waals surface area contributed by atoms with E-state index in [1.165, 1.54) is 12.1 Å². The molecule has 0 saturated heterocycles. The van der Waals surface area contributed by atoms with E-state index in [2.05, 4.69) is 4.98 Å². The minimum Gasteiger partial charge on any atom is -1.00 e. The quantitative estimate of drug-likeness (QED) is 0.320. The second-order valence-electron chi connectivity index (χ2n) is 1.99. The Kier molecular flexibility index (Phi) is 11.8. The molecule has 0 spiro atoms. The van der Waals surface area contributed by atoms with Gasteiger partial charge in [-0.15, -0.1) is 12.4 Å². The maximum Gasteiger partial charge on any atom is 2.00 e. The molecule has 5 nitrogen and oxygen atoms in total. The molecular weight excluding hydrogens is 318 g/mol. The average molecular weight is 322 g/mol. The first-order valence-electron chi connectivity index (χ1n) is 2.94. The maximum atomic E-state index is 10.3. The molecule has 0 amide bonds. The minimum atomic E-state index is -0.666. The van der Waals surface area contributed by atoms with Crippen LogP contribution in [0.3, 0.4) is 0 Å². The standard InChI is InChI=1S/C6H3ClN3O2.2ClH.Zn/c7-4-1-2-5(9-8)6(3-4)10(11)12;;;/h1-3H;2*1H;/q+1;;;+2/p-1. The van der Waals surface area contributed by atoms with Gasteiger partial charge in [-0.25, -0.2) is 0 Å². The van der Waals surface area contributed by atoms with Crippen molar-refractivity contribution in [2.45, 2.75) is 0 Å². The fourth-order valence-electron chi connectivity index (χ4n) is 0.727. The summed E-state index contributed by atoms with van der Waals surface area (Å²) in [6, 6.07) is 3.79. The smallest absolute Gasteiger partial charge is 1.00 e. The predicted octanol–water partition coefficient (Wildman–Crippen LogP) is 0.156. The van der Waals surface area contributed by atoms with Gasteiger partial charge in [0.05, 0.1) is 4.92 Å². The molecular formula is C6H4Cl3N3O2Zn+2. The van der Waals surface area contributed by atoms with Crippen molar-refractivity contribution in [2.24, 2.45) is 0 Å². The molecule has 0 radical (unpaired) electrons. The molecule has 0 atom stereocenters. The van der Waals surface area contributed by atoms with Gasteiger partial charge >= 0.3 is 30.9 Å². The van der Waals surface area contributed by atoms with Gasteiger partial charge in [0.15, 0.2) is 4.98 Å². The molecule has 1 rings (SSSR count). The molecule has 0 unspecified atom stereocenters. The van der Waals surface area contributed by atoms with Crippen LogP contribution in [0.25, 0.3) is 4.98 Å². The van der Waals surface area contributed by atoms with E-state index >= 15 is 0 Å². The van der Waals surface area contributed by atoms with E-state index in [-0.39, 0.29) is 60.7 Å². The molecule has 1 aromatic rings. The van der Waals surface area contributed by atoms with Crippen molar-refractivity contribution in [3.05, 3.63) is 38.3 Å². The fraction of sp³-hybridized carbons (Fsp3) is 0. The Morgan fingerprint density at radius 1 is 1.47 bits per heavy atom. The monoisotopic (exact) mass is 319 g/mol. The normalized spacial score (nSPS) is 7.20. The second-order valence-corrected chi connectivity index (χ2v) is 2.43. The van der Waals surface area contributed by atoms with Gasteiger partial charge in [-0.2, -0.15) is 0 Å². The largest absolute Gasteiger partial charge is 2.00 e. The van der Waals surface area contributed by atoms with Crippen LogP contribution in [0, 0.1) is 15.5 Å². The number of rotatable bonds is 1. The summed E-state index contributed by atoms with van der Waals surface area (Å²) >= 11 is 5.49. The Balaban J connectivity index is -0.000000480. The SMILES string of the molecule is Cl.N#[N+]c1ccc(Cl)cc1[N+](=O)[O-].[Cl-].[Zn+2]. The molecule has 1 aromatic carbocycles. The summed E-state index contributed by atoms with van der Waals surface area (Å²) in [6.07, 6.45) is 0. The van der Waals surface area contributed by atoms with Gasteiger partial charge in [0.1, 0.15) is 0 Å². The molecule has 0 aliphatic rings. The van der Waals surface area contributed by atoms with Gasteiger partial charge in [-0.3, -0.25) is 10.1 Å².